The van der Waals surface area contributed by atoms with E-state index in [0.717, 1.165) is 42.1 Å². The normalized spacial score (nSPS) is 25.7. The van der Waals surface area contributed by atoms with Crippen molar-refractivity contribution < 1.29 is 47.6 Å². The molecule has 256 valence electrons. The van der Waals surface area contributed by atoms with E-state index in [0.29, 0.717) is 18.1 Å². The first-order chi connectivity index (χ1) is 22.5. The molecule has 0 spiro atoms. The van der Waals surface area contributed by atoms with E-state index >= 15 is 0 Å². The molecule has 1 aliphatic carbocycles. The Morgan fingerprint density at radius 3 is 1.98 bits per heavy atom. The van der Waals surface area contributed by atoms with Gasteiger partial charge in [-0.3, -0.25) is 19.2 Å². The van der Waals surface area contributed by atoms with Crippen molar-refractivity contribution in [3.05, 3.63) is 65.2 Å². The number of esters is 4. The first-order valence-corrected chi connectivity index (χ1v) is 16.6. The second-order valence-electron chi connectivity index (χ2n) is 12.6. The number of hydrogen-bond donors (Lipinski definition) is 0. The Morgan fingerprint density at radius 1 is 0.745 bits per heavy atom. The molecule has 4 rings (SSSR count). The van der Waals surface area contributed by atoms with E-state index in [9.17, 15) is 19.2 Å². The molecule has 10 heteroatoms. The number of ether oxygens (including phenoxy) is 6. The molecule has 2 aromatic rings. The van der Waals surface area contributed by atoms with Gasteiger partial charge >= 0.3 is 23.9 Å². The summed E-state index contributed by atoms with van der Waals surface area (Å²) in [6.45, 7) is 7.28. The van der Waals surface area contributed by atoms with Crippen molar-refractivity contribution in [2.45, 2.75) is 117 Å². The van der Waals surface area contributed by atoms with Gasteiger partial charge in [-0.2, -0.15) is 0 Å². The van der Waals surface area contributed by atoms with Crippen LogP contribution in [0.15, 0.2) is 48.5 Å². The third-order valence-electron chi connectivity index (χ3n) is 8.81. The van der Waals surface area contributed by atoms with Crippen LogP contribution in [0.25, 0.3) is 0 Å². The Labute approximate surface area is 277 Å². The molecule has 47 heavy (non-hydrogen) atoms. The predicted molar refractivity (Wildman–Crippen MR) is 172 cm³/mol. The lowest BCUT2D eigenvalue weighted by Gasteiger charge is -2.44. The van der Waals surface area contributed by atoms with E-state index in [2.05, 4.69) is 6.92 Å². The molecule has 1 saturated carbocycles. The molecule has 1 aliphatic heterocycles. The zero-order valence-electron chi connectivity index (χ0n) is 28.1. The minimum absolute atomic E-state index is 0.277. The van der Waals surface area contributed by atoms with Gasteiger partial charge in [0.25, 0.3) is 0 Å². The Kier molecular flexibility index (Phi) is 13.2. The first kappa shape index (κ1) is 35.9. The first-order valence-electron chi connectivity index (χ1n) is 16.6. The van der Waals surface area contributed by atoms with E-state index in [1.54, 1.807) is 0 Å². The Hall–Kier alpha value is -3.92. The highest BCUT2D eigenvalue weighted by molar-refractivity contribution is 5.69. The molecule has 2 aromatic carbocycles. The van der Waals surface area contributed by atoms with Crippen LogP contribution < -0.4 is 4.74 Å². The summed E-state index contributed by atoms with van der Waals surface area (Å²) in [7, 11) is 0. The summed E-state index contributed by atoms with van der Waals surface area (Å²) in [5.74, 6) is -0.526. The molecule has 2 fully saturated rings. The second kappa shape index (κ2) is 17.3. The maximum Gasteiger partial charge on any atom is 0.303 e. The van der Waals surface area contributed by atoms with Crippen LogP contribution >= 0.6 is 0 Å². The van der Waals surface area contributed by atoms with Crippen LogP contribution in [-0.4, -0.2) is 54.9 Å². The van der Waals surface area contributed by atoms with Crippen molar-refractivity contribution >= 4 is 23.9 Å². The predicted octanol–water partition coefficient (Wildman–Crippen LogP) is 6.21. The van der Waals surface area contributed by atoms with Gasteiger partial charge in [0, 0.05) is 27.7 Å². The molecular formula is C37H48O10. The van der Waals surface area contributed by atoms with Crippen molar-refractivity contribution in [3.63, 3.8) is 0 Å². The van der Waals surface area contributed by atoms with Gasteiger partial charge in [0.15, 0.2) is 18.3 Å². The summed E-state index contributed by atoms with van der Waals surface area (Å²) in [5, 5.41) is 0. The molecule has 1 heterocycles. The van der Waals surface area contributed by atoms with Gasteiger partial charge < -0.3 is 28.4 Å². The topological polar surface area (TPSA) is 124 Å². The molecule has 0 N–H and O–H groups in total. The van der Waals surface area contributed by atoms with Crippen molar-refractivity contribution in [2.24, 2.45) is 11.8 Å². The Balaban J connectivity index is 1.72. The van der Waals surface area contributed by atoms with Gasteiger partial charge in [-0.25, -0.2) is 0 Å². The van der Waals surface area contributed by atoms with E-state index in [1.165, 1.54) is 53.4 Å². The highest BCUT2D eigenvalue weighted by atomic mass is 16.7. The SMILES string of the molecule is CCCC1CCC(Cc2cc([C@@H]3O[C@H](COC(C)=O)[C@@H](OC(C)=O)[C@H](OC(C)=O)[C@H]3OC(C)=O)ccc2OCc2ccccc2)CC1. The van der Waals surface area contributed by atoms with Crippen LogP contribution in [0, 0.1) is 11.8 Å². The number of carbonyl (C=O) groups excluding carboxylic acids is 4. The molecule has 10 nitrogen and oxygen atoms in total. The van der Waals surface area contributed by atoms with E-state index < -0.39 is 54.4 Å². The smallest absolute Gasteiger partial charge is 0.303 e. The molecular weight excluding hydrogens is 604 g/mol. The number of rotatable bonds is 13. The van der Waals surface area contributed by atoms with Crippen molar-refractivity contribution in [3.8, 4) is 5.75 Å². The molecule has 0 bridgehead atoms. The second-order valence-corrected chi connectivity index (χ2v) is 12.6. The molecule has 1 saturated heterocycles. The number of benzene rings is 2. The average Bonchev–Trinajstić information content (AvgIpc) is 3.02. The van der Waals surface area contributed by atoms with E-state index in [4.69, 9.17) is 28.4 Å². The van der Waals surface area contributed by atoms with Crippen LogP contribution in [0.1, 0.15) is 95.9 Å². The number of hydrogen-bond acceptors (Lipinski definition) is 10. The fourth-order valence-corrected chi connectivity index (χ4v) is 6.75. The fourth-order valence-electron chi connectivity index (χ4n) is 6.75. The van der Waals surface area contributed by atoms with Gasteiger partial charge in [-0.15, -0.1) is 0 Å². The lowest BCUT2D eigenvalue weighted by molar-refractivity contribution is -0.254. The maximum atomic E-state index is 12.4. The average molecular weight is 653 g/mol. The summed E-state index contributed by atoms with van der Waals surface area (Å²) in [5.41, 5.74) is 2.69. The highest BCUT2D eigenvalue weighted by Crippen LogP contribution is 2.41. The van der Waals surface area contributed by atoms with Crippen LogP contribution in [0.3, 0.4) is 0 Å². The quantitative estimate of drug-likeness (QED) is 0.182. The van der Waals surface area contributed by atoms with Gasteiger partial charge in [0.2, 0.25) is 0 Å². The summed E-state index contributed by atoms with van der Waals surface area (Å²) in [6.07, 6.45) is 2.36. The highest BCUT2D eigenvalue weighted by Gasteiger charge is 2.52. The van der Waals surface area contributed by atoms with Gasteiger partial charge in [0.1, 0.15) is 31.2 Å². The van der Waals surface area contributed by atoms with Crippen molar-refractivity contribution in [1.82, 2.24) is 0 Å². The van der Waals surface area contributed by atoms with E-state index in [1.807, 2.05) is 48.5 Å². The minimum atomic E-state index is -1.23. The third kappa shape index (κ3) is 10.5. The summed E-state index contributed by atoms with van der Waals surface area (Å²) in [4.78, 5) is 48.7. The lowest BCUT2D eigenvalue weighted by atomic mass is 9.77. The summed E-state index contributed by atoms with van der Waals surface area (Å²) >= 11 is 0. The molecule has 2 aliphatic rings. The maximum absolute atomic E-state index is 12.4. The Bertz CT molecular complexity index is 1350. The summed E-state index contributed by atoms with van der Waals surface area (Å²) in [6, 6.07) is 15.7. The minimum Gasteiger partial charge on any atom is -0.489 e. The molecule has 0 amide bonds. The summed E-state index contributed by atoms with van der Waals surface area (Å²) < 4.78 is 35.0. The molecule has 0 radical (unpaired) electrons. The van der Waals surface area contributed by atoms with Crippen LogP contribution in [0.2, 0.25) is 0 Å². The Morgan fingerprint density at radius 2 is 1.36 bits per heavy atom. The zero-order chi connectivity index (χ0) is 33.9. The van der Waals surface area contributed by atoms with Crippen LogP contribution in [0.4, 0.5) is 0 Å². The van der Waals surface area contributed by atoms with Crippen LogP contribution in [0.5, 0.6) is 5.75 Å². The van der Waals surface area contributed by atoms with Gasteiger partial charge in [-0.1, -0.05) is 69.0 Å². The molecule has 0 unspecified atom stereocenters. The standard InChI is InChI=1S/C37H48O10/c1-6-10-27-13-15-28(16-14-27)19-31-20-30(17-18-32(31)43-21-29-11-8-7-9-12-29)34-36(45-25(4)40)37(46-26(5)41)35(44-24(3)39)33(47-34)22-42-23(2)38/h7-9,11-12,17-18,20,27-28,33-37H,6,10,13-16,19,21-22H2,1-5H3/t27?,28?,33-,34+,35-,36+,37+/m1/s1. The van der Waals surface area contributed by atoms with Crippen LogP contribution in [-0.2, 0) is 55.9 Å². The third-order valence-corrected chi connectivity index (χ3v) is 8.81. The lowest BCUT2D eigenvalue weighted by Crippen LogP contribution is -2.59. The van der Waals surface area contributed by atoms with Crippen molar-refractivity contribution in [1.29, 1.82) is 0 Å². The number of carbonyl (C=O) groups is 4. The fraction of sp³-hybridized carbons (Fsp3) is 0.568. The van der Waals surface area contributed by atoms with Gasteiger partial charge in [0.05, 0.1) is 0 Å². The van der Waals surface area contributed by atoms with E-state index in [-0.39, 0.29) is 6.61 Å². The monoisotopic (exact) mass is 652 g/mol. The van der Waals surface area contributed by atoms with Gasteiger partial charge in [-0.05, 0) is 59.9 Å². The van der Waals surface area contributed by atoms with Crippen molar-refractivity contribution in [2.75, 3.05) is 6.61 Å². The molecule has 5 atom stereocenters. The zero-order valence-corrected chi connectivity index (χ0v) is 28.1. The largest absolute Gasteiger partial charge is 0.489 e. The molecule has 0 aromatic heterocycles.